The summed E-state index contributed by atoms with van der Waals surface area (Å²) in [4.78, 5) is 31.2. The molecule has 2 bridgehead atoms. The summed E-state index contributed by atoms with van der Waals surface area (Å²) in [5.74, 6) is 0.0300. The number of nitrogens with zero attached hydrogens (tertiary/aromatic N) is 4. The third-order valence-electron chi connectivity index (χ3n) is 5.59. The number of hydrogen-bond donors (Lipinski definition) is 0. The second-order valence-electron chi connectivity index (χ2n) is 6.74. The van der Waals surface area contributed by atoms with E-state index in [1.54, 1.807) is 11.0 Å². The minimum absolute atomic E-state index is 0.00502. The monoisotopic (exact) mass is 334 g/mol. The summed E-state index contributed by atoms with van der Waals surface area (Å²) < 4.78 is 7.07. The highest BCUT2D eigenvalue weighted by Gasteiger charge is 2.60. The van der Waals surface area contributed by atoms with Crippen molar-refractivity contribution in [3.05, 3.63) is 12.7 Å². The van der Waals surface area contributed by atoms with Gasteiger partial charge in [0.05, 0.1) is 12.0 Å². The largest absolute Gasteiger partial charge is 0.466 e. The van der Waals surface area contributed by atoms with Crippen LogP contribution in [0.25, 0.3) is 0 Å². The topological polar surface area (TPSA) is 77.3 Å². The molecule has 1 aromatic rings. The number of esters is 1. The molecule has 24 heavy (non-hydrogen) atoms. The molecular formula is C17H26N4O3. The van der Waals surface area contributed by atoms with Gasteiger partial charge in [-0.05, 0) is 39.0 Å². The zero-order chi connectivity index (χ0) is 17.2. The Labute approximate surface area is 142 Å². The van der Waals surface area contributed by atoms with E-state index in [1.165, 1.54) is 6.33 Å². The van der Waals surface area contributed by atoms with Crippen LogP contribution in [0.3, 0.4) is 0 Å². The molecule has 3 atom stereocenters. The van der Waals surface area contributed by atoms with Crippen molar-refractivity contribution in [1.82, 2.24) is 19.7 Å². The lowest BCUT2D eigenvalue weighted by atomic mass is 9.72. The second-order valence-corrected chi connectivity index (χ2v) is 6.74. The van der Waals surface area contributed by atoms with E-state index in [0.717, 1.165) is 32.1 Å². The first kappa shape index (κ1) is 16.9. The number of carbonyl (C=O) groups is 2. The third kappa shape index (κ3) is 2.80. The van der Waals surface area contributed by atoms with Crippen LogP contribution in [0, 0.1) is 5.41 Å². The average Bonchev–Trinajstić information content (AvgIpc) is 3.29. The lowest BCUT2D eigenvalue weighted by Crippen LogP contribution is -2.45. The van der Waals surface area contributed by atoms with Gasteiger partial charge in [-0.15, -0.1) is 0 Å². The Hall–Kier alpha value is -1.92. The Morgan fingerprint density at radius 1 is 1.33 bits per heavy atom. The van der Waals surface area contributed by atoms with E-state index in [1.807, 2.05) is 18.7 Å². The fourth-order valence-electron chi connectivity index (χ4n) is 4.45. The van der Waals surface area contributed by atoms with Gasteiger partial charge in [0.15, 0.2) is 0 Å². The van der Waals surface area contributed by atoms with Crippen LogP contribution in [-0.4, -0.2) is 50.2 Å². The Morgan fingerprint density at radius 3 is 2.83 bits per heavy atom. The van der Waals surface area contributed by atoms with Gasteiger partial charge >= 0.3 is 5.97 Å². The summed E-state index contributed by atoms with van der Waals surface area (Å²) in [6.07, 6.45) is 7.76. The lowest BCUT2D eigenvalue weighted by molar-refractivity contribution is -0.158. The van der Waals surface area contributed by atoms with Crippen molar-refractivity contribution in [3.63, 3.8) is 0 Å². The maximum Gasteiger partial charge on any atom is 0.314 e. The highest BCUT2D eigenvalue weighted by atomic mass is 16.5. The number of aromatic nitrogens is 3. The lowest BCUT2D eigenvalue weighted by Gasteiger charge is -2.34. The molecule has 0 radical (unpaired) electrons. The van der Waals surface area contributed by atoms with Crippen LogP contribution in [0.4, 0.5) is 0 Å². The fraction of sp³-hybridized carbons (Fsp3) is 0.765. The van der Waals surface area contributed by atoms with Crippen molar-refractivity contribution in [2.75, 3.05) is 6.61 Å². The Morgan fingerprint density at radius 2 is 2.17 bits per heavy atom. The van der Waals surface area contributed by atoms with Crippen LogP contribution in [0.5, 0.6) is 0 Å². The molecule has 1 aromatic heterocycles. The predicted octanol–water partition coefficient (Wildman–Crippen LogP) is 1.78. The van der Waals surface area contributed by atoms with Crippen molar-refractivity contribution in [3.8, 4) is 0 Å². The number of amides is 1. The maximum atomic E-state index is 12.7. The highest BCUT2D eigenvalue weighted by Crippen LogP contribution is 2.52. The molecule has 2 saturated heterocycles. The molecule has 3 heterocycles. The number of hydrogen-bond acceptors (Lipinski definition) is 5. The summed E-state index contributed by atoms with van der Waals surface area (Å²) in [5, 5.41) is 4.05. The molecule has 0 saturated carbocycles. The number of rotatable bonds is 7. The second kappa shape index (κ2) is 6.91. The van der Waals surface area contributed by atoms with Gasteiger partial charge in [-0.3, -0.25) is 14.3 Å². The van der Waals surface area contributed by atoms with Crippen LogP contribution in [-0.2, 0) is 20.9 Å². The minimum atomic E-state index is -0.500. The van der Waals surface area contributed by atoms with Crippen molar-refractivity contribution in [2.24, 2.45) is 5.41 Å². The fourth-order valence-corrected chi connectivity index (χ4v) is 4.45. The normalized spacial score (nSPS) is 28.3. The van der Waals surface area contributed by atoms with E-state index in [2.05, 4.69) is 10.1 Å². The van der Waals surface area contributed by atoms with Crippen molar-refractivity contribution < 1.29 is 14.3 Å². The molecule has 0 N–H and O–H groups in total. The van der Waals surface area contributed by atoms with E-state index in [0.29, 0.717) is 19.6 Å². The average molecular weight is 334 g/mol. The molecule has 132 valence electrons. The van der Waals surface area contributed by atoms with Crippen LogP contribution in [0.15, 0.2) is 12.7 Å². The van der Waals surface area contributed by atoms with Gasteiger partial charge in [0.1, 0.15) is 12.7 Å². The van der Waals surface area contributed by atoms with Crippen LogP contribution in [0.1, 0.15) is 52.4 Å². The quantitative estimate of drug-likeness (QED) is 0.710. The molecule has 0 spiro atoms. The Bertz CT molecular complexity index is 589. The standard InChI is InChI=1S/C17H26N4O3/c1-3-17(16(23)24-4-2)10-13-7-8-14(17)21(13)15(22)6-5-9-20-12-18-11-19-20/h11-14H,3-10H2,1-2H3/t13-,14+,17+/m1/s1. The summed E-state index contributed by atoms with van der Waals surface area (Å²) in [6, 6.07) is 0.198. The van der Waals surface area contributed by atoms with Gasteiger partial charge in [0.25, 0.3) is 0 Å². The van der Waals surface area contributed by atoms with Gasteiger partial charge in [0.2, 0.25) is 5.91 Å². The molecular weight excluding hydrogens is 308 g/mol. The van der Waals surface area contributed by atoms with Crippen molar-refractivity contribution >= 4 is 11.9 Å². The molecule has 0 aromatic carbocycles. The molecule has 3 rings (SSSR count). The highest BCUT2D eigenvalue weighted by molar-refractivity contribution is 5.83. The molecule has 7 nitrogen and oxygen atoms in total. The molecule has 2 fully saturated rings. The van der Waals surface area contributed by atoms with Gasteiger partial charge in [-0.1, -0.05) is 6.92 Å². The summed E-state index contributed by atoms with van der Waals surface area (Å²) in [5.41, 5.74) is -0.500. The third-order valence-corrected chi connectivity index (χ3v) is 5.59. The first-order chi connectivity index (χ1) is 11.6. The summed E-state index contributed by atoms with van der Waals surface area (Å²) in [7, 11) is 0. The molecule has 1 amide bonds. The zero-order valence-corrected chi connectivity index (χ0v) is 14.5. The van der Waals surface area contributed by atoms with Crippen LogP contribution < -0.4 is 0 Å². The molecule has 7 heteroatoms. The number of aryl methyl sites for hydroxylation is 1. The predicted molar refractivity (Wildman–Crippen MR) is 86.9 cm³/mol. The maximum absolute atomic E-state index is 12.7. The van der Waals surface area contributed by atoms with E-state index in [-0.39, 0.29) is 24.0 Å². The number of carbonyl (C=O) groups excluding carboxylic acids is 2. The minimum Gasteiger partial charge on any atom is -0.466 e. The molecule has 0 aliphatic carbocycles. The zero-order valence-electron chi connectivity index (χ0n) is 14.5. The first-order valence-electron chi connectivity index (χ1n) is 8.93. The SMILES string of the molecule is CCOC(=O)[C@@]1(CC)C[C@H]2CC[C@@H]1N2C(=O)CCCn1cncn1. The number of ether oxygens (including phenoxy) is 1. The van der Waals surface area contributed by atoms with Gasteiger partial charge < -0.3 is 9.64 Å². The van der Waals surface area contributed by atoms with Crippen molar-refractivity contribution in [2.45, 2.75) is 71.0 Å². The van der Waals surface area contributed by atoms with Gasteiger partial charge in [0, 0.05) is 25.0 Å². The smallest absolute Gasteiger partial charge is 0.314 e. The summed E-state index contributed by atoms with van der Waals surface area (Å²) >= 11 is 0. The van der Waals surface area contributed by atoms with Crippen LogP contribution >= 0.6 is 0 Å². The summed E-state index contributed by atoms with van der Waals surface area (Å²) in [6.45, 7) is 4.95. The van der Waals surface area contributed by atoms with Gasteiger partial charge in [-0.25, -0.2) is 4.98 Å². The van der Waals surface area contributed by atoms with E-state index in [4.69, 9.17) is 4.74 Å². The van der Waals surface area contributed by atoms with Crippen LogP contribution in [0.2, 0.25) is 0 Å². The molecule has 2 aliphatic rings. The first-order valence-corrected chi connectivity index (χ1v) is 8.93. The Kier molecular flexibility index (Phi) is 4.87. The van der Waals surface area contributed by atoms with Gasteiger partial charge in [-0.2, -0.15) is 5.10 Å². The Balaban J connectivity index is 1.63. The van der Waals surface area contributed by atoms with E-state index in [9.17, 15) is 9.59 Å². The van der Waals surface area contributed by atoms with E-state index < -0.39 is 5.41 Å². The van der Waals surface area contributed by atoms with Crippen molar-refractivity contribution in [1.29, 1.82) is 0 Å². The molecule has 0 unspecified atom stereocenters. The van der Waals surface area contributed by atoms with E-state index >= 15 is 0 Å². The molecule has 2 aliphatic heterocycles. The number of fused-ring (bicyclic) bond motifs is 2.